The van der Waals surface area contributed by atoms with Crippen molar-refractivity contribution in [2.24, 2.45) is 5.92 Å². The van der Waals surface area contributed by atoms with Crippen LogP contribution in [0.15, 0.2) is 64.5 Å². The van der Waals surface area contributed by atoms with E-state index in [1.807, 2.05) is 24.3 Å². The maximum atomic E-state index is 13.2. The molecule has 2 aromatic heterocycles. The second-order valence-electron chi connectivity index (χ2n) is 7.59. The summed E-state index contributed by atoms with van der Waals surface area (Å²) in [5, 5.41) is 9.02. The lowest BCUT2D eigenvalue weighted by molar-refractivity contribution is 0.445. The fourth-order valence-electron chi connectivity index (χ4n) is 4.04. The molecule has 0 aliphatic carbocycles. The zero-order chi connectivity index (χ0) is 20.0. The van der Waals surface area contributed by atoms with Crippen LogP contribution in [0.2, 0.25) is 0 Å². The van der Waals surface area contributed by atoms with Crippen LogP contribution >= 0.6 is 0 Å². The monoisotopic (exact) mass is 407 g/mol. The quantitative estimate of drug-likeness (QED) is 0.518. The normalized spacial score (nSPS) is 17.8. The number of nitrogens with zero attached hydrogens (tertiary/aromatic N) is 5. The second kappa shape index (κ2) is 6.81. The molecule has 0 N–H and O–H groups in total. The summed E-state index contributed by atoms with van der Waals surface area (Å²) in [5.74, 6) is 1.36. The van der Waals surface area contributed by atoms with Crippen molar-refractivity contribution in [1.29, 1.82) is 0 Å². The predicted octanol–water partition coefficient (Wildman–Crippen LogP) is 3.35. The van der Waals surface area contributed by atoms with Gasteiger partial charge in [-0.1, -0.05) is 42.5 Å². The SMILES string of the molecule is C[C@@H]1CCCN(c2nc3c(S(=O)(=O)c4ccccc4)nnn3c3ccccc23)C1. The maximum Gasteiger partial charge on any atom is 0.229 e. The molecule has 0 amide bonds. The molecule has 1 fully saturated rings. The molecule has 29 heavy (non-hydrogen) atoms. The Labute approximate surface area is 168 Å². The van der Waals surface area contributed by atoms with E-state index in [1.54, 1.807) is 30.3 Å². The third-order valence-corrected chi connectivity index (χ3v) is 7.13. The summed E-state index contributed by atoms with van der Waals surface area (Å²) >= 11 is 0. The van der Waals surface area contributed by atoms with Gasteiger partial charge in [-0.25, -0.2) is 13.4 Å². The number of sulfone groups is 1. The summed E-state index contributed by atoms with van der Waals surface area (Å²) in [6.45, 7) is 4.04. The number of aromatic nitrogens is 4. The zero-order valence-electron chi connectivity index (χ0n) is 16.1. The first-order valence-corrected chi connectivity index (χ1v) is 11.2. The van der Waals surface area contributed by atoms with Gasteiger partial charge in [0.25, 0.3) is 0 Å². The molecule has 0 unspecified atom stereocenters. The third-order valence-electron chi connectivity index (χ3n) is 5.47. The van der Waals surface area contributed by atoms with Crippen molar-refractivity contribution >= 4 is 32.2 Å². The minimum Gasteiger partial charge on any atom is -0.356 e. The largest absolute Gasteiger partial charge is 0.356 e. The fraction of sp³-hybridized carbons (Fsp3) is 0.286. The average Bonchev–Trinajstić information content (AvgIpc) is 3.19. The molecule has 5 rings (SSSR count). The molecule has 1 aliphatic rings. The Kier molecular flexibility index (Phi) is 4.24. The van der Waals surface area contributed by atoms with Crippen molar-refractivity contribution < 1.29 is 8.42 Å². The zero-order valence-corrected chi connectivity index (χ0v) is 16.9. The minimum atomic E-state index is -3.82. The van der Waals surface area contributed by atoms with Crippen LogP contribution in [0.25, 0.3) is 16.6 Å². The number of hydrogen-bond donors (Lipinski definition) is 0. The number of fused-ring (bicyclic) bond motifs is 3. The summed E-state index contributed by atoms with van der Waals surface area (Å²) in [6, 6.07) is 16.1. The van der Waals surface area contributed by atoms with Gasteiger partial charge in [0.1, 0.15) is 5.82 Å². The topological polar surface area (TPSA) is 80.5 Å². The van der Waals surface area contributed by atoms with Crippen LogP contribution in [-0.4, -0.2) is 41.3 Å². The molecular weight excluding hydrogens is 386 g/mol. The van der Waals surface area contributed by atoms with E-state index in [1.165, 1.54) is 10.9 Å². The molecular formula is C21H21N5O2S. The van der Waals surface area contributed by atoms with Gasteiger partial charge in [-0.3, -0.25) is 0 Å². The molecule has 0 saturated carbocycles. The van der Waals surface area contributed by atoms with E-state index in [2.05, 4.69) is 22.1 Å². The highest BCUT2D eigenvalue weighted by Crippen LogP contribution is 2.31. The smallest absolute Gasteiger partial charge is 0.229 e. The molecule has 0 radical (unpaired) electrons. The Hall–Kier alpha value is -3.00. The van der Waals surface area contributed by atoms with E-state index >= 15 is 0 Å². The highest BCUT2D eigenvalue weighted by molar-refractivity contribution is 7.91. The van der Waals surface area contributed by atoms with Gasteiger partial charge in [-0.15, -0.1) is 5.10 Å². The Bertz CT molecular complexity index is 1300. The first-order valence-electron chi connectivity index (χ1n) is 9.75. The summed E-state index contributed by atoms with van der Waals surface area (Å²) in [6.07, 6.45) is 2.29. The lowest BCUT2D eigenvalue weighted by atomic mass is 10.00. The number of benzene rings is 2. The van der Waals surface area contributed by atoms with Crippen molar-refractivity contribution in [2.45, 2.75) is 29.7 Å². The molecule has 3 heterocycles. The van der Waals surface area contributed by atoms with Crippen LogP contribution in [-0.2, 0) is 9.84 Å². The molecule has 0 bridgehead atoms. The Morgan fingerprint density at radius 3 is 2.59 bits per heavy atom. The predicted molar refractivity (Wildman–Crippen MR) is 111 cm³/mol. The molecule has 7 nitrogen and oxygen atoms in total. The van der Waals surface area contributed by atoms with Gasteiger partial charge in [0, 0.05) is 18.5 Å². The summed E-state index contributed by atoms with van der Waals surface area (Å²) in [5.41, 5.74) is 1.06. The van der Waals surface area contributed by atoms with E-state index in [0.29, 0.717) is 5.92 Å². The molecule has 4 aromatic rings. The number of hydrogen-bond acceptors (Lipinski definition) is 6. The van der Waals surface area contributed by atoms with Crippen LogP contribution in [0, 0.1) is 5.92 Å². The summed E-state index contributed by atoms with van der Waals surface area (Å²) in [4.78, 5) is 7.24. The van der Waals surface area contributed by atoms with E-state index in [9.17, 15) is 8.42 Å². The summed E-state index contributed by atoms with van der Waals surface area (Å²) in [7, 11) is -3.82. The first-order chi connectivity index (χ1) is 14.1. The second-order valence-corrected chi connectivity index (χ2v) is 9.46. The molecule has 1 saturated heterocycles. The molecule has 1 aliphatic heterocycles. The lowest BCUT2D eigenvalue weighted by Gasteiger charge is -2.32. The Morgan fingerprint density at radius 2 is 1.79 bits per heavy atom. The van der Waals surface area contributed by atoms with Crippen molar-refractivity contribution in [1.82, 2.24) is 19.8 Å². The maximum absolute atomic E-state index is 13.2. The highest BCUT2D eigenvalue weighted by Gasteiger charge is 2.28. The van der Waals surface area contributed by atoms with Gasteiger partial charge in [0.2, 0.25) is 14.9 Å². The fourth-order valence-corrected chi connectivity index (χ4v) is 5.29. The van der Waals surface area contributed by atoms with Crippen LogP contribution in [0.1, 0.15) is 19.8 Å². The number of para-hydroxylation sites is 1. The Balaban J connectivity index is 1.77. The van der Waals surface area contributed by atoms with Gasteiger partial charge in [-0.05, 0) is 43.0 Å². The van der Waals surface area contributed by atoms with Crippen molar-refractivity contribution in [2.75, 3.05) is 18.0 Å². The molecule has 2 aromatic carbocycles. The van der Waals surface area contributed by atoms with E-state index in [4.69, 9.17) is 4.98 Å². The van der Waals surface area contributed by atoms with Crippen molar-refractivity contribution in [3.8, 4) is 0 Å². The van der Waals surface area contributed by atoms with Gasteiger partial charge in [0.05, 0.1) is 10.4 Å². The lowest BCUT2D eigenvalue weighted by Crippen LogP contribution is -2.35. The number of rotatable bonds is 3. The average molecular weight is 407 g/mol. The number of anilines is 1. The van der Waals surface area contributed by atoms with Crippen LogP contribution < -0.4 is 4.90 Å². The van der Waals surface area contributed by atoms with Crippen LogP contribution in [0.4, 0.5) is 5.82 Å². The molecule has 0 spiro atoms. The van der Waals surface area contributed by atoms with Gasteiger partial charge >= 0.3 is 0 Å². The summed E-state index contributed by atoms with van der Waals surface area (Å²) < 4.78 is 28.0. The minimum absolute atomic E-state index is 0.110. The van der Waals surface area contributed by atoms with Crippen LogP contribution in [0.3, 0.4) is 0 Å². The van der Waals surface area contributed by atoms with Gasteiger partial charge in [-0.2, -0.15) is 4.52 Å². The Morgan fingerprint density at radius 1 is 1.03 bits per heavy atom. The van der Waals surface area contributed by atoms with E-state index < -0.39 is 9.84 Å². The molecule has 1 atom stereocenters. The molecule has 148 valence electrons. The van der Waals surface area contributed by atoms with Gasteiger partial charge < -0.3 is 4.90 Å². The standard InChI is InChI=1S/C21H21N5O2S/c1-15-8-7-13-25(14-15)19-17-11-5-6-12-18(17)26-20(22-19)21(23-24-26)29(27,28)16-9-3-2-4-10-16/h2-6,9-12,15H,7-8,13-14H2,1H3/t15-/m1/s1. The van der Waals surface area contributed by atoms with Gasteiger partial charge in [0.15, 0.2) is 5.65 Å². The van der Waals surface area contributed by atoms with Crippen molar-refractivity contribution in [3.05, 3.63) is 54.6 Å². The van der Waals surface area contributed by atoms with Crippen LogP contribution in [0.5, 0.6) is 0 Å². The molecule has 8 heteroatoms. The first kappa shape index (κ1) is 18.1. The van der Waals surface area contributed by atoms with E-state index in [0.717, 1.165) is 36.2 Å². The van der Waals surface area contributed by atoms with Crippen molar-refractivity contribution in [3.63, 3.8) is 0 Å². The highest BCUT2D eigenvalue weighted by atomic mass is 32.2. The van der Waals surface area contributed by atoms with E-state index in [-0.39, 0.29) is 15.6 Å². The number of piperidine rings is 1. The third kappa shape index (κ3) is 2.95.